The number of aromatic hydroxyl groups is 2. The van der Waals surface area contributed by atoms with Gasteiger partial charge in [-0.2, -0.15) is 40.1 Å². The minimum atomic E-state index is -5.50. The van der Waals surface area contributed by atoms with Crippen molar-refractivity contribution < 1.29 is 265 Å². The number of hydrogen-bond donors (Lipinski definition) is 6. The fourth-order valence-electron chi connectivity index (χ4n) is 8.72. The van der Waals surface area contributed by atoms with Crippen LogP contribution >= 0.6 is 23.2 Å². The zero-order chi connectivity index (χ0) is 68.0. The van der Waals surface area contributed by atoms with Crippen molar-refractivity contribution in [3.8, 4) is 11.5 Å². The van der Waals surface area contributed by atoms with Crippen LogP contribution < -0.4 is 199 Å². The Morgan fingerprint density at radius 2 is 0.670 bits per heavy atom. The fourth-order valence-corrected chi connectivity index (χ4v) is 12.8. The van der Waals surface area contributed by atoms with E-state index in [0.717, 1.165) is 48.6 Å². The summed E-state index contributed by atoms with van der Waals surface area (Å²) < 4.78 is 225. The number of azo groups is 2. The van der Waals surface area contributed by atoms with Crippen molar-refractivity contribution in [1.82, 2.24) is 29.9 Å². The molecule has 48 heteroatoms. The summed E-state index contributed by atoms with van der Waals surface area (Å²) in [4.78, 5) is 17.4. The summed E-state index contributed by atoms with van der Waals surface area (Å²) in [6.45, 7) is 0. The number of phenols is 2. The van der Waals surface area contributed by atoms with Gasteiger partial charge in [-0.1, -0.05) is 60.7 Å². The summed E-state index contributed by atoms with van der Waals surface area (Å²) in [6.07, 6.45) is 1.89. The summed E-state index contributed by atoms with van der Waals surface area (Å²) in [6, 6.07) is 25.1. The van der Waals surface area contributed by atoms with Crippen molar-refractivity contribution in [1.29, 1.82) is 0 Å². The minimum Gasteiger partial charge on any atom is -0.744 e. The number of rotatable bonds is 20. The molecule has 0 fully saturated rings. The van der Waals surface area contributed by atoms with Gasteiger partial charge in [0.1, 0.15) is 72.1 Å². The van der Waals surface area contributed by atoms with Crippen LogP contribution in [0.5, 0.6) is 11.5 Å². The molecule has 8 aromatic carbocycles. The SMILES string of the molecule is O=S(=O)([O-])c1cc(Nc2nc(Cl)nc(Nc3ccc(C=Cc4ccc(Nc5nc(Cl)nc(Nc6cc(S(=O)(=O)[O-])cc7cc(S(=O)(=O)[O-])c(N=Nc8ccccc8)c(O)c67)n5)cc4S(=O)(=O)[O-])c(S(=O)(=O)[O-])c3)n2)c2c(O)c(N=Nc3ccccc3)c(S(=O)(=O)[O-])cc2c1.[Na+].[Na+].[Na+].[Na+].[Na+].[Na+]. The molecule has 484 valence electrons. The second-order valence-corrected chi connectivity index (χ2v) is 27.7. The molecule has 6 N–H and O–H groups in total. The molecular formula is C52H30Cl2N14Na6O20S6. The van der Waals surface area contributed by atoms with E-state index in [9.17, 15) is 88.0 Å². The Bertz CT molecular complexity index is 5320. The topological polar surface area (TPSA) is 559 Å². The first kappa shape index (κ1) is 88.5. The maximum atomic E-state index is 12.8. The molecule has 0 saturated carbocycles. The van der Waals surface area contributed by atoms with Crippen LogP contribution in [-0.2, 0) is 60.7 Å². The van der Waals surface area contributed by atoms with Gasteiger partial charge in [-0.3, -0.25) is 0 Å². The number of phenolic OH excluding ortho intramolecular Hbond substituents is 2. The van der Waals surface area contributed by atoms with Gasteiger partial charge in [-0.25, -0.2) is 50.5 Å². The summed E-state index contributed by atoms with van der Waals surface area (Å²) in [5.41, 5.74) is -3.89. The van der Waals surface area contributed by atoms with Gasteiger partial charge < -0.3 is 58.8 Å². The molecule has 0 spiro atoms. The molecule has 0 radical (unpaired) electrons. The zero-order valence-electron chi connectivity index (χ0n) is 51.8. The van der Waals surface area contributed by atoms with E-state index in [4.69, 9.17) is 23.2 Å². The zero-order valence-corrected chi connectivity index (χ0v) is 70.2. The second-order valence-electron chi connectivity index (χ2n) is 18.9. The summed E-state index contributed by atoms with van der Waals surface area (Å²) in [7, 11) is -32.7. The predicted molar refractivity (Wildman–Crippen MR) is 325 cm³/mol. The molecule has 0 amide bonds. The Kier molecular flexibility index (Phi) is 31.4. The Morgan fingerprint density at radius 3 is 0.970 bits per heavy atom. The minimum absolute atomic E-state index is 0. The molecule has 100 heavy (non-hydrogen) atoms. The first-order valence-corrected chi connectivity index (χ1v) is 34.4. The van der Waals surface area contributed by atoms with E-state index in [1.807, 2.05) is 0 Å². The van der Waals surface area contributed by atoms with Gasteiger partial charge in [0, 0.05) is 22.1 Å². The molecule has 10 rings (SSSR count). The first-order valence-electron chi connectivity index (χ1n) is 25.2. The van der Waals surface area contributed by atoms with E-state index >= 15 is 0 Å². The number of aromatic nitrogens is 6. The largest absolute Gasteiger partial charge is 1.00 e. The molecule has 2 aromatic heterocycles. The average Bonchev–Trinajstić information content (AvgIpc) is 0.753. The van der Waals surface area contributed by atoms with Crippen molar-refractivity contribution in [2.75, 3.05) is 21.3 Å². The number of hydrogen-bond acceptors (Lipinski definition) is 34. The van der Waals surface area contributed by atoms with Crippen molar-refractivity contribution in [3.63, 3.8) is 0 Å². The van der Waals surface area contributed by atoms with Crippen molar-refractivity contribution in [3.05, 3.63) is 155 Å². The van der Waals surface area contributed by atoms with E-state index in [0.29, 0.717) is 36.4 Å². The molecule has 0 atom stereocenters. The van der Waals surface area contributed by atoms with Crippen LogP contribution in [0, 0.1) is 0 Å². The van der Waals surface area contributed by atoms with Gasteiger partial charge in [-0.15, -0.1) is 10.2 Å². The molecule has 10 aromatic rings. The van der Waals surface area contributed by atoms with E-state index in [1.165, 1.54) is 24.3 Å². The van der Waals surface area contributed by atoms with Crippen molar-refractivity contribution in [2.24, 2.45) is 20.5 Å². The molecular weight excluding hydrogens is 1540 g/mol. The van der Waals surface area contributed by atoms with E-state index in [2.05, 4.69) is 71.6 Å². The Morgan fingerprint density at radius 1 is 0.360 bits per heavy atom. The average molecular weight is 1570 g/mol. The van der Waals surface area contributed by atoms with Gasteiger partial charge in [0.2, 0.25) is 34.4 Å². The van der Waals surface area contributed by atoms with E-state index in [-0.39, 0.29) is 200 Å². The molecule has 2 heterocycles. The molecule has 0 aliphatic heterocycles. The molecule has 0 unspecified atom stereocenters. The quantitative estimate of drug-likeness (QED) is 0.0179. The standard InChI is InChI=1S/C52H36Cl2N14O20S6.6Na/c53-47-59-49(63-51(61-47)57-35-23-33(89(71,72)73)17-27-19-39(93(83,84)85)43(45(69)41(27)35)67-65-29-7-3-1-4-8-29)55-31-15-13-25(37(21-31)91(77,78)79)11-12-26-14-16-32(22-38(26)92(80,81)82)56-50-60-48(54)62-52(64-50)58-36-24-34(90(74,75)76)18-28-20-40(94(86,87)88)44(46(70)42(28)36)68-66-30-9-5-2-6-10-30;;;;;;/h1-24,69-70H,(H,71,72,73)(H,74,75,76)(H,77,78,79)(H,80,81,82)(H,83,84,85)(H,86,87,88)(H2,55,57,59,61,63)(H2,56,58,60,62,64);;;;;;/q;6*+1/p-6. The number of nitrogens with one attached hydrogen (secondary N) is 4. The van der Waals surface area contributed by atoms with Crippen LogP contribution in [0.25, 0.3) is 33.7 Å². The number of nitrogens with zero attached hydrogens (tertiary/aromatic N) is 10. The van der Waals surface area contributed by atoms with Gasteiger partial charge in [0.05, 0.1) is 52.1 Å². The first-order chi connectivity index (χ1) is 44.0. The molecule has 0 bridgehead atoms. The number of benzene rings is 8. The molecule has 34 nitrogen and oxygen atoms in total. The maximum absolute atomic E-state index is 12.8. The van der Waals surface area contributed by atoms with Gasteiger partial charge in [0.25, 0.3) is 0 Å². The van der Waals surface area contributed by atoms with Crippen LogP contribution in [0.2, 0.25) is 10.6 Å². The third kappa shape index (κ3) is 21.9. The molecule has 0 saturated heterocycles. The van der Waals surface area contributed by atoms with Gasteiger partial charge in [0.15, 0.2) is 11.5 Å². The summed E-state index contributed by atoms with van der Waals surface area (Å²) >= 11 is 12.4. The van der Waals surface area contributed by atoms with Crippen LogP contribution in [0.15, 0.2) is 183 Å². The monoisotopic (exact) mass is 1570 g/mol. The Labute approximate surface area is 709 Å². The fraction of sp³-hybridized carbons (Fsp3) is 0. The molecule has 0 aliphatic carbocycles. The maximum Gasteiger partial charge on any atom is 1.00 e. The van der Waals surface area contributed by atoms with Crippen LogP contribution in [-0.4, -0.2) is 118 Å². The Balaban J connectivity index is 0.00000354. The van der Waals surface area contributed by atoms with Crippen LogP contribution in [0.1, 0.15) is 11.1 Å². The van der Waals surface area contributed by atoms with Crippen molar-refractivity contribution >= 4 is 187 Å². The van der Waals surface area contributed by atoms with Crippen LogP contribution in [0.4, 0.5) is 69.3 Å². The third-order valence-electron chi connectivity index (χ3n) is 12.6. The number of fused-ring (bicyclic) bond motifs is 2. The Hall–Kier alpha value is -3.92. The third-order valence-corrected chi connectivity index (χ3v) is 18.1. The second kappa shape index (κ2) is 35.4. The smallest absolute Gasteiger partial charge is 0.744 e. The normalized spacial score (nSPS) is 12.0. The van der Waals surface area contributed by atoms with Crippen LogP contribution in [0.3, 0.4) is 0 Å². The van der Waals surface area contributed by atoms with E-state index < -0.39 is 191 Å². The number of halogens is 2. The predicted octanol–water partition coefficient (Wildman–Crippen LogP) is -9.49. The number of anilines is 8. The summed E-state index contributed by atoms with van der Waals surface area (Å²) in [5.74, 6) is -4.40. The van der Waals surface area contributed by atoms with Crippen molar-refractivity contribution in [2.45, 2.75) is 29.4 Å². The van der Waals surface area contributed by atoms with E-state index in [1.54, 1.807) is 36.4 Å². The summed E-state index contributed by atoms with van der Waals surface area (Å²) in [5, 5.41) is 45.3. The van der Waals surface area contributed by atoms with Gasteiger partial charge >= 0.3 is 177 Å². The molecule has 0 aliphatic rings. The van der Waals surface area contributed by atoms with Gasteiger partial charge in [-0.05, 0) is 130 Å².